The molecule has 0 aliphatic heterocycles. The molecule has 0 spiro atoms. The van der Waals surface area contributed by atoms with Crippen LogP contribution in [0.2, 0.25) is 0 Å². The van der Waals surface area contributed by atoms with E-state index in [0.29, 0.717) is 112 Å². The van der Waals surface area contributed by atoms with Gasteiger partial charge in [0.25, 0.3) is 10.1 Å². The normalized spacial score (nSPS) is 11.6. The number of carboxylic acid groups (broad SMARTS) is 1. The molecule has 2 N–H and O–H groups in total. The zero-order valence-corrected chi connectivity index (χ0v) is 26.7. The standard InChI is InChI=1S/C29H49NO14S/c31-28(7-8-29(32)33)30-9-4-10-36-11-12-37-13-14-38-15-16-39-17-18-40-19-20-41-21-22-42-23-24-43-25-26-44-45(34,35)27-5-2-1-3-6-27/h1-3,5-6H,4,7-26H2,(H,30,31)(H,32,33). The van der Waals surface area contributed by atoms with Crippen molar-refractivity contribution in [1.29, 1.82) is 0 Å². The molecule has 0 radical (unpaired) electrons. The van der Waals surface area contributed by atoms with Crippen LogP contribution in [0.5, 0.6) is 0 Å². The predicted molar refractivity (Wildman–Crippen MR) is 161 cm³/mol. The molecule has 0 aliphatic rings. The van der Waals surface area contributed by atoms with Crippen molar-refractivity contribution in [2.24, 2.45) is 0 Å². The van der Waals surface area contributed by atoms with Gasteiger partial charge in [0.15, 0.2) is 0 Å². The van der Waals surface area contributed by atoms with Gasteiger partial charge in [0, 0.05) is 19.6 Å². The summed E-state index contributed by atoms with van der Waals surface area (Å²) < 4.78 is 72.0. The van der Waals surface area contributed by atoms with E-state index in [1.54, 1.807) is 18.2 Å². The molecule has 0 unspecified atom stereocenters. The van der Waals surface area contributed by atoms with Crippen molar-refractivity contribution in [3.8, 4) is 0 Å². The van der Waals surface area contributed by atoms with Gasteiger partial charge in [-0.15, -0.1) is 0 Å². The van der Waals surface area contributed by atoms with Crippen molar-refractivity contribution < 1.29 is 65.2 Å². The molecule has 0 heterocycles. The third-order valence-corrected chi connectivity index (χ3v) is 6.78. The van der Waals surface area contributed by atoms with Crippen LogP contribution in [0.15, 0.2) is 35.2 Å². The highest BCUT2D eigenvalue weighted by molar-refractivity contribution is 7.86. The largest absolute Gasteiger partial charge is 0.481 e. The van der Waals surface area contributed by atoms with E-state index < -0.39 is 16.1 Å². The van der Waals surface area contributed by atoms with Gasteiger partial charge in [-0.05, 0) is 18.6 Å². The van der Waals surface area contributed by atoms with Gasteiger partial charge >= 0.3 is 5.97 Å². The highest BCUT2D eigenvalue weighted by Gasteiger charge is 2.13. The lowest BCUT2D eigenvalue weighted by molar-refractivity contribution is -0.138. The lowest BCUT2D eigenvalue weighted by atomic mass is 10.3. The minimum atomic E-state index is -3.76. The second-order valence-electron chi connectivity index (χ2n) is 9.09. The van der Waals surface area contributed by atoms with Crippen LogP contribution in [0.1, 0.15) is 19.3 Å². The summed E-state index contributed by atoms with van der Waals surface area (Å²) in [5.41, 5.74) is 0. The smallest absolute Gasteiger partial charge is 0.303 e. The number of aliphatic carboxylic acids is 1. The molecule has 0 aliphatic carbocycles. The molecule has 16 heteroatoms. The first-order valence-corrected chi connectivity index (χ1v) is 16.4. The zero-order chi connectivity index (χ0) is 32.7. The summed E-state index contributed by atoms with van der Waals surface area (Å²) in [6.45, 7) is 6.99. The summed E-state index contributed by atoms with van der Waals surface area (Å²) in [7, 11) is -3.76. The maximum absolute atomic E-state index is 12.0. The van der Waals surface area contributed by atoms with Gasteiger partial charge in [-0.3, -0.25) is 13.8 Å². The van der Waals surface area contributed by atoms with Crippen LogP contribution in [0.25, 0.3) is 0 Å². The summed E-state index contributed by atoms with van der Waals surface area (Å²) in [5.74, 6) is -1.26. The summed E-state index contributed by atoms with van der Waals surface area (Å²) in [4.78, 5) is 21.9. The third kappa shape index (κ3) is 26.7. The van der Waals surface area contributed by atoms with E-state index in [9.17, 15) is 18.0 Å². The molecule has 0 aromatic heterocycles. The van der Waals surface area contributed by atoms with Crippen LogP contribution in [0.4, 0.5) is 0 Å². The average molecular weight is 668 g/mol. The summed E-state index contributed by atoms with van der Waals surface area (Å²) in [5, 5.41) is 11.2. The number of rotatable bonds is 33. The van der Waals surface area contributed by atoms with Gasteiger partial charge in [-0.2, -0.15) is 8.42 Å². The van der Waals surface area contributed by atoms with Gasteiger partial charge in [-0.25, -0.2) is 0 Å². The maximum atomic E-state index is 12.0. The Balaban J connectivity index is 1.69. The first-order valence-electron chi connectivity index (χ1n) is 15.0. The number of hydrogen-bond acceptors (Lipinski definition) is 13. The van der Waals surface area contributed by atoms with Crippen LogP contribution < -0.4 is 5.32 Å². The molecule has 0 fully saturated rings. The lowest BCUT2D eigenvalue weighted by Crippen LogP contribution is -2.25. The van der Waals surface area contributed by atoms with E-state index in [-0.39, 0.29) is 36.9 Å². The Morgan fingerprint density at radius 1 is 0.556 bits per heavy atom. The number of carbonyl (C=O) groups is 2. The lowest BCUT2D eigenvalue weighted by Gasteiger charge is -2.09. The van der Waals surface area contributed by atoms with E-state index in [4.69, 9.17) is 47.2 Å². The molecule has 1 aromatic rings. The fraction of sp³-hybridized carbons (Fsp3) is 0.724. The minimum absolute atomic E-state index is 0.0171. The van der Waals surface area contributed by atoms with Crippen LogP contribution in [-0.2, 0) is 61.8 Å². The Kier molecular flexibility index (Phi) is 26.4. The quantitative estimate of drug-likeness (QED) is 0.0796. The molecule has 1 rings (SSSR count). The molecular weight excluding hydrogens is 618 g/mol. The highest BCUT2D eigenvalue weighted by Crippen LogP contribution is 2.10. The van der Waals surface area contributed by atoms with Gasteiger partial charge in [0.2, 0.25) is 5.91 Å². The summed E-state index contributed by atoms with van der Waals surface area (Å²) >= 11 is 0. The van der Waals surface area contributed by atoms with Gasteiger partial charge in [-0.1, -0.05) is 18.2 Å². The van der Waals surface area contributed by atoms with E-state index in [1.165, 1.54) is 12.1 Å². The SMILES string of the molecule is O=C(O)CCC(=O)NCCCOCCOCCOCCOCCOCCOCCOCCOCCOS(=O)(=O)c1ccccc1. The first-order chi connectivity index (χ1) is 21.9. The van der Waals surface area contributed by atoms with Crippen molar-refractivity contribution in [2.45, 2.75) is 24.2 Å². The maximum Gasteiger partial charge on any atom is 0.303 e. The fourth-order valence-electron chi connectivity index (χ4n) is 3.21. The Morgan fingerprint density at radius 2 is 0.933 bits per heavy atom. The molecule has 0 saturated heterocycles. The molecule has 0 bridgehead atoms. The molecule has 45 heavy (non-hydrogen) atoms. The Morgan fingerprint density at radius 3 is 1.33 bits per heavy atom. The van der Waals surface area contributed by atoms with Crippen LogP contribution in [0.3, 0.4) is 0 Å². The number of amides is 1. The van der Waals surface area contributed by atoms with E-state index >= 15 is 0 Å². The molecule has 15 nitrogen and oxygen atoms in total. The molecule has 260 valence electrons. The molecule has 1 amide bonds. The summed E-state index contributed by atoms with van der Waals surface area (Å²) in [6, 6.07) is 7.94. The third-order valence-electron chi connectivity index (χ3n) is 5.46. The monoisotopic (exact) mass is 667 g/mol. The minimum Gasteiger partial charge on any atom is -0.481 e. The number of hydrogen-bond donors (Lipinski definition) is 2. The predicted octanol–water partition coefficient (Wildman–Crippen LogP) is 0.896. The average Bonchev–Trinajstić information content (AvgIpc) is 3.03. The highest BCUT2D eigenvalue weighted by atomic mass is 32.2. The first kappa shape index (κ1) is 40.8. The fourth-order valence-corrected chi connectivity index (χ4v) is 4.12. The Labute approximate surface area is 265 Å². The van der Waals surface area contributed by atoms with E-state index in [2.05, 4.69) is 5.32 Å². The van der Waals surface area contributed by atoms with Crippen molar-refractivity contribution >= 4 is 22.0 Å². The molecule has 1 aromatic carbocycles. The van der Waals surface area contributed by atoms with E-state index in [0.717, 1.165) is 0 Å². The number of ether oxygens (including phenoxy) is 8. The molecule has 0 saturated carbocycles. The van der Waals surface area contributed by atoms with Gasteiger partial charge in [0.1, 0.15) is 0 Å². The topological polar surface area (TPSA) is 184 Å². The zero-order valence-electron chi connectivity index (χ0n) is 25.9. The van der Waals surface area contributed by atoms with Crippen molar-refractivity contribution in [2.75, 3.05) is 119 Å². The molecule has 0 atom stereocenters. The van der Waals surface area contributed by atoms with Gasteiger partial charge < -0.3 is 48.3 Å². The van der Waals surface area contributed by atoms with Crippen molar-refractivity contribution in [3.05, 3.63) is 30.3 Å². The number of benzene rings is 1. The number of carboxylic acids is 1. The molecular formula is C29H49NO14S. The second kappa shape index (κ2) is 29.2. The van der Waals surface area contributed by atoms with Gasteiger partial charge in [0.05, 0.1) is 117 Å². The Hall–Kier alpha value is -2.25. The summed E-state index contributed by atoms with van der Waals surface area (Å²) in [6.07, 6.45) is 0.455. The van der Waals surface area contributed by atoms with Crippen LogP contribution in [-0.4, -0.2) is 144 Å². The number of nitrogens with one attached hydrogen (secondary N) is 1. The number of carbonyl (C=O) groups excluding carboxylic acids is 1. The van der Waals surface area contributed by atoms with Crippen LogP contribution >= 0.6 is 0 Å². The van der Waals surface area contributed by atoms with E-state index in [1.807, 2.05) is 0 Å². The second-order valence-corrected chi connectivity index (χ2v) is 10.7. The van der Waals surface area contributed by atoms with Crippen LogP contribution in [0, 0.1) is 0 Å². The Bertz CT molecular complexity index is 952. The van der Waals surface area contributed by atoms with Crippen molar-refractivity contribution in [1.82, 2.24) is 5.32 Å². The van der Waals surface area contributed by atoms with Crippen molar-refractivity contribution in [3.63, 3.8) is 0 Å².